The van der Waals surface area contributed by atoms with Crippen molar-refractivity contribution >= 4 is 17.9 Å². The molecule has 0 aliphatic rings. The first-order valence-electron chi connectivity index (χ1n) is 6.11. The normalized spacial score (nSPS) is 9.75. The van der Waals surface area contributed by atoms with Crippen molar-refractivity contribution in [2.45, 2.75) is 13.8 Å². The van der Waals surface area contributed by atoms with Crippen LogP contribution < -0.4 is 0 Å². The Morgan fingerprint density at radius 3 is 2.05 bits per heavy atom. The first-order valence-corrected chi connectivity index (χ1v) is 6.11. The Hall–Kier alpha value is -2.37. The molecule has 0 heterocycles. The molecule has 0 aromatic heterocycles. The van der Waals surface area contributed by atoms with Crippen LogP contribution in [0.2, 0.25) is 0 Å². The van der Waals surface area contributed by atoms with Gasteiger partial charge in [-0.15, -0.1) is 0 Å². The molecule has 6 nitrogen and oxygen atoms in total. The number of esters is 3. The molecule has 0 radical (unpaired) electrons. The van der Waals surface area contributed by atoms with E-state index in [4.69, 9.17) is 9.47 Å². The van der Waals surface area contributed by atoms with Gasteiger partial charge in [0.05, 0.1) is 37.0 Å². The van der Waals surface area contributed by atoms with Crippen LogP contribution >= 0.6 is 0 Å². The molecule has 0 aliphatic heterocycles. The topological polar surface area (TPSA) is 78.9 Å². The van der Waals surface area contributed by atoms with Crippen LogP contribution in [0.4, 0.5) is 0 Å². The third-order valence-electron chi connectivity index (χ3n) is 2.43. The minimum Gasteiger partial charge on any atom is -0.465 e. The summed E-state index contributed by atoms with van der Waals surface area (Å²) in [6.07, 6.45) is 0. The summed E-state index contributed by atoms with van der Waals surface area (Å²) in [5.41, 5.74) is 0.186. The average Bonchev–Trinajstić information content (AvgIpc) is 2.46. The zero-order valence-electron chi connectivity index (χ0n) is 11.6. The molecular weight excluding hydrogens is 264 g/mol. The van der Waals surface area contributed by atoms with E-state index in [0.29, 0.717) is 0 Å². The van der Waals surface area contributed by atoms with Gasteiger partial charge in [-0.25, -0.2) is 14.4 Å². The van der Waals surface area contributed by atoms with E-state index in [2.05, 4.69) is 4.74 Å². The quantitative estimate of drug-likeness (QED) is 0.604. The molecule has 0 saturated heterocycles. The van der Waals surface area contributed by atoms with Crippen molar-refractivity contribution < 1.29 is 28.6 Å². The lowest BCUT2D eigenvalue weighted by Gasteiger charge is -2.09. The summed E-state index contributed by atoms with van der Waals surface area (Å²) in [6.45, 7) is 3.69. The number of methoxy groups -OCH3 is 1. The second-order valence-corrected chi connectivity index (χ2v) is 3.69. The van der Waals surface area contributed by atoms with Crippen LogP contribution in [0, 0.1) is 0 Å². The lowest BCUT2D eigenvalue weighted by atomic mass is 10.0. The Balaban J connectivity index is 3.24. The van der Waals surface area contributed by atoms with Gasteiger partial charge in [-0.05, 0) is 32.0 Å². The van der Waals surface area contributed by atoms with Crippen LogP contribution in [-0.2, 0) is 14.2 Å². The van der Waals surface area contributed by atoms with Crippen molar-refractivity contribution in [3.63, 3.8) is 0 Å². The Morgan fingerprint density at radius 1 is 0.900 bits per heavy atom. The van der Waals surface area contributed by atoms with E-state index in [-0.39, 0.29) is 29.9 Å². The van der Waals surface area contributed by atoms with Gasteiger partial charge in [0, 0.05) is 0 Å². The summed E-state index contributed by atoms with van der Waals surface area (Å²) >= 11 is 0. The minimum absolute atomic E-state index is 0.0238. The molecule has 0 bridgehead atoms. The van der Waals surface area contributed by atoms with Gasteiger partial charge in [-0.1, -0.05) is 0 Å². The minimum atomic E-state index is -0.695. The maximum atomic E-state index is 11.8. The van der Waals surface area contributed by atoms with E-state index < -0.39 is 17.9 Å². The van der Waals surface area contributed by atoms with Gasteiger partial charge in [-0.2, -0.15) is 0 Å². The first kappa shape index (κ1) is 15.7. The smallest absolute Gasteiger partial charge is 0.339 e. The van der Waals surface area contributed by atoms with Crippen LogP contribution in [0.15, 0.2) is 18.2 Å². The zero-order chi connectivity index (χ0) is 15.1. The molecular formula is C14H16O6. The molecule has 0 amide bonds. The number of benzene rings is 1. The van der Waals surface area contributed by atoms with Crippen LogP contribution in [0.5, 0.6) is 0 Å². The van der Waals surface area contributed by atoms with Crippen molar-refractivity contribution in [2.24, 2.45) is 0 Å². The Kier molecular flexibility index (Phi) is 5.71. The van der Waals surface area contributed by atoms with Crippen molar-refractivity contribution in [3.8, 4) is 0 Å². The molecule has 1 rings (SSSR count). The lowest BCUT2D eigenvalue weighted by Crippen LogP contribution is -2.15. The second-order valence-electron chi connectivity index (χ2n) is 3.69. The molecule has 108 valence electrons. The SMILES string of the molecule is CCOC(=O)c1ccc(C(=O)OC)c(C(=O)OCC)c1. The Labute approximate surface area is 116 Å². The van der Waals surface area contributed by atoms with E-state index in [0.717, 1.165) is 0 Å². The van der Waals surface area contributed by atoms with E-state index in [1.807, 2.05) is 0 Å². The molecule has 1 aromatic carbocycles. The number of hydrogen-bond donors (Lipinski definition) is 0. The average molecular weight is 280 g/mol. The van der Waals surface area contributed by atoms with Gasteiger partial charge in [0.25, 0.3) is 0 Å². The molecule has 6 heteroatoms. The zero-order valence-corrected chi connectivity index (χ0v) is 11.6. The fourth-order valence-corrected chi connectivity index (χ4v) is 1.55. The second kappa shape index (κ2) is 7.28. The molecule has 1 aromatic rings. The number of carbonyl (C=O) groups is 3. The number of ether oxygens (including phenoxy) is 3. The number of hydrogen-bond acceptors (Lipinski definition) is 6. The predicted octanol–water partition coefficient (Wildman–Crippen LogP) is 1.83. The van der Waals surface area contributed by atoms with Gasteiger partial charge in [0.1, 0.15) is 0 Å². The van der Waals surface area contributed by atoms with Crippen LogP contribution in [0.1, 0.15) is 44.9 Å². The summed E-state index contributed by atoms with van der Waals surface area (Å²) in [7, 11) is 1.20. The molecule has 0 saturated carbocycles. The van der Waals surface area contributed by atoms with E-state index in [9.17, 15) is 14.4 Å². The standard InChI is InChI=1S/C14H16O6/c1-4-19-12(15)9-6-7-10(13(16)18-3)11(8-9)14(17)20-5-2/h6-8H,4-5H2,1-3H3. The van der Waals surface area contributed by atoms with Crippen LogP contribution in [0.3, 0.4) is 0 Å². The van der Waals surface area contributed by atoms with Crippen molar-refractivity contribution in [3.05, 3.63) is 34.9 Å². The summed E-state index contributed by atoms with van der Waals surface area (Å²) < 4.78 is 14.3. The first-order chi connectivity index (χ1) is 9.54. The highest BCUT2D eigenvalue weighted by Crippen LogP contribution is 2.16. The lowest BCUT2D eigenvalue weighted by molar-refractivity contribution is 0.0502. The molecule has 0 N–H and O–H groups in total. The highest BCUT2D eigenvalue weighted by atomic mass is 16.5. The molecule has 0 spiro atoms. The van der Waals surface area contributed by atoms with Crippen molar-refractivity contribution in [2.75, 3.05) is 20.3 Å². The van der Waals surface area contributed by atoms with Crippen molar-refractivity contribution in [1.29, 1.82) is 0 Å². The molecule has 0 aliphatic carbocycles. The molecule has 0 fully saturated rings. The highest BCUT2D eigenvalue weighted by Gasteiger charge is 2.21. The summed E-state index contributed by atoms with van der Waals surface area (Å²) in [4.78, 5) is 35.1. The fourth-order valence-electron chi connectivity index (χ4n) is 1.55. The van der Waals surface area contributed by atoms with E-state index >= 15 is 0 Å². The van der Waals surface area contributed by atoms with Crippen LogP contribution in [0.25, 0.3) is 0 Å². The van der Waals surface area contributed by atoms with Crippen molar-refractivity contribution in [1.82, 2.24) is 0 Å². The van der Waals surface area contributed by atoms with Gasteiger partial charge >= 0.3 is 17.9 Å². The Morgan fingerprint density at radius 2 is 1.50 bits per heavy atom. The van der Waals surface area contributed by atoms with Gasteiger partial charge in [-0.3, -0.25) is 0 Å². The van der Waals surface area contributed by atoms with Crippen LogP contribution in [-0.4, -0.2) is 38.2 Å². The van der Waals surface area contributed by atoms with E-state index in [1.54, 1.807) is 13.8 Å². The number of carbonyl (C=O) groups excluding carboxylic acids is 3. The molecule has 0 atom stereocenters. The Bertz CT molecular complexity index is 520. The molecule has 0 unspecified atom stereocenters. The maximum absolute atomic E-state index is 11.8. The van der Waals surface area contributed by atoms with Gasteiger partial charge < -0.3 is 14.2 Å². The van der Waals surface area contributed by atoms with E-state index in [1.165, 1.54) is 25.3 Å². The maximum Gasteiger partial charge on any atom is 0.339 e. The summed E-state index contributed by atoms with van der Waals surface area (Å²) in [5, 5.41) is 0. The third kappa shape index (κ3) is 3.57. The van der Waals surface area contributed by atoms with Gasteiger partial charge in [0.2, 0.25) is 0 Å². The summed E-state index contributed by atoms with van der Waals surface area (Å²) in [6, 6.07) is 4.00. The largest absolute Gasteiger partial charge is 0.465 e. The summed E-state index contributed by atoms with van der Waals surface area (Å²) in [5.74, 6) is -1.95. The van der Waals surface area contributed by atoms with Gasteiger partial charge in [0.15, 0.2) is 0 Å². The molecule has 20 heavy (non-hydrogen) atoms. The monoisotopic (exact) mass is 280 g/mol. The third-order valence-corrected chi connectivity index (χ3v) is 2.43. The predicted molar refractivity (Wildman–Crippen MR) is 69.7 cm³/mol. The number of rotatable bonds is 5. The highest BCUT2D eigenvalue weighted by molar-refractivity contribution is 6.05. The fraction of sp³-hybridized carbons (Fsp3) is 0.357.